The van der Waals surface area contributed by atoms with Crippen molar-refractivity contribution >= 4 is 40.6 Å². The molecule has 2 N–H and O–H groups in total. The van der Waals surface area contributed by atoms with E-state index in [2.05, 4.69) is 43.2 Å². The van der Waals surface area contributed by atoms with E-state index in [1.807, 2.05) is 25.1 Å². The molecule has 0 unspecified atom stereocenters. The number of allylic oxidation sites excluding steroid dienone is 1. The summed E-state index contributed by atoms with van der Waals surface area (Å²) < 4.78 is 27.0. The number of hydrogen-bond acceptors (Lipinski definition) is 6. The Morgan fingerprint density at radius 2 is 2.11 bits per heavy atom. The van der Waals surface area contributed by atoms with E-state index in [-0.39, 0.29) is 31.1 Å². The lowest BCUT2D eigenvalue weighted by atomic mass is 10.0. The number of halogens is 2. The van der Waals surface area contributed by atoms with Crippen LogP contribution in [0.3, 0.4) is 0 Å². The van der Waals surface area contributed by atoms with Crippen LogP contribution in [0.2, 0.25) is 0 Å². The number of aromatic amines is 1. The molecule has 2 aromatic heterocycles. The van der Waals surface area contributed by atoms with Crippen molar-refractivity contribution in [3.63, 3.8) is 0 Å². The third kappa shape index (κ3) is 5.59. The fourth-order valence-electron chi connectivity index (χ4n) is 4.60. The highest BCUT2D eigenvalue weighted by atomic mass is 19.3. The Morgan fingerprint density at radius 1 is 1.27 bits per heavy atom. The number of H-pyrrole nitrogens is 1. The van der Waals surface area contributed by atoms with E-state index in [0.717, 1.165) is 41.9 Å². The van der Waals surface area contributed by atoms with Crippen molar-refractivity contribution in [2.24, 2.45) is 4.99 Å². The van der Waals surface area contributed by atoms with Gasteiger partial charge < -0.3 is 10.2 Å². The molecule has 8 nitrogen and oxygen atoms in total. The number of rotatable bonds is 8. The molecule has 0 radical (unpaired) electrons. The molecule has 37 heavy (non-hydrogen) atoms. The minimum absolute atomic E-state index is 0.183. The van der Waals surface area contributed by atoms with Gasteiger partial charge in [-0.05, 0) is 74.1 Å². The minimum Gasteiger partial charge on any atom is -0.350 e. The largest absolute Gasteiger partial charge is 0.350 e. The van der Waals surface area contributed by atoms with E-state index in [9.17, 15) is 13.6 Å². The summed E-state index contributed by atoms with van der Waals surface area (Å²) in [6.07, 6.45) is 6.38. The molecule has 2 saturated heterocycles. The molecule has 0 saturated carbocycles. The summed E-state index contributed by atoms with van der Waals surface area (Å²) in [5, 5.41) is 10.6. The summed E-state index contributed by atoms with van der Waals surface area (Å²) >= 11 is 0. The number of aromatic nitrogens is 3. The lowest BCUT2D eigenvalue weighted by Crippen LogP contribution is -2.38. The van der Waals surface area contributed by atoms with Crippen LogP contribution in [0.5, 0.6) is 0 Å². The van der Waals surface area contributed by atoms with Crippen molar-refractivity contribution in [3.8, 4) is 0 Å². The number of carbonyl (C=O) groups is 1. The zero-order chi connectivity index (χ0) is 26.0. The number of alkyl halides is 2. The molecule has 2 fully saturated rings. The van der Waals surface area contributed by atoms with Gasteiger partial charge in [-0.15, -0.1) is 0 Å². The van der Waals surface area contributed by atoms with Crippen LogP contribution in [-0.2, 0) is 0 Å². The third-order valence-electron chi connectivity index (χ3n) is 6.75. The van der Waals surface area contributed by atoms with Gasteiger partial charge in [0.05, 0.1) is 23.9 Å². The quantitative estimate of drug-likeness (QED) is 0.341. The van der Waals surface area contributed by atoms with Gasteiger partial charge in [0, 0.05) is 31.1 Å². The molecular weight excluding hydrogens is 476 g/mol. The van der Waals surface area contributed by atoms with Crippen molar-refractivity contribution in [1.29, 1.82) is 0 Å². The Kier molecular flexibility index (Phi) is 6.84. The molecule has 3 aromatic rings. The summed E-state index contributed by atoms with van der Waals surface area (Å²) in [5.41, 5.74) is 4.55. The molecule has 0 bridgehead atoms. The first-order chi connectivity index (χ1) is 17.8. The van der Waals surface area contributed by atoms with Crippen LogP contribution >= 0.6 is 0 Å². The number of fused-ring (bicyclic) bond motifs is 1. The SMILES string of the molecule is C=N/C=C(\C=C(/C)c1ccc2[nH]nc(C(=O)Nc3ccc(N4CCC(F)(F)C4)nc3)c2c1)CN1CCC1. The second-order valence-corrected chi connectivity index (χ2v) is 9.56. The summed E-state index contributed by atoms with van der Waals surface area (Å²) in [6.45, 7) is 8.53. The van der Waals surface area contributed by atoms with E-state index in [4.69, 9.17) is 0 Å². The van der Waals surface area contributed by atoms with Gasteiger partial charge in [-0.1, -0.05) is 12.1 Å². The van der Waals surface area contributed by atoms with E-state index in [1.54, 1.807) is 23.2 Å². The number of anilines is 2. The first kappa shape index (κ1) is 24.8. The van der Waals surface area contributed by atoms with Crippen LogP contribution < -0.4 is 10.2 Å². The van der Waals surface area contributed by atoms with Crippen LogP contribution in [0.4, 0.5) is 20.3 Å². The lowest BCUT2D eigenvalue weighted by Gasteiger charge is -2.30. The smallest absolute Gasteiger partial charge is 0.276 e. The van der Waals surface area contributed by atoms with Gasteiger partial charge >= 0.3 is 0 Å². The van der Waals surface area contributed by atoms with Crippen molar-refractivity contribution in [1.82, 2.24) is 20.1 Å². The van der Waals surface area contributed by atoms with Crippen LogP contribution in [0.1, 0.15) is 35.8 Å². The van der Waals surface area contributed by atoms with Crippen LogP contribution in [0.25, 0.3) is 16.5 Å². The molecule has 0 aliphatic carbocycles. The summed E-state index contributed by atoms with van der Waals surface area (Å²) in [6, 6.07) is 9.12. The fourth-order valence-corrected chi connectivity index (χ4v) is 4.60. The zero-order valence-electron chi connectivity index (χ0n) is 20.7. The van der Waals surface area contributed by atoms with Gasteiger partial charge in [0.2, 0.25) is 0 Å². The Balaban J connectivity index is 1.32. The van der Waals surface area contributed by atoms with E-state index in [0.29, 0.717) is 16.9 Å². The summed E-state index contributed by atoms with van der Waals surface area (Å²) in [7, 11) is 0. The zero-order valence-corrected chi connectivity index (χ0v) is 20.7. The highest BCUT2D eigenvalue weighted by Gasteiger charge is 2.38. The van der Waals surface area contributed by atoms with E-state index in [1.165, 1.54) is 12.6 Å². The first-order valence-corrected chi connectivity index (χ1v) is 12.3. The first-order valence-electron chi connectivity index (χ1n) is 12.3. The van der Waals surface area contributed by atoms with Crippen LogP contribution in [-0.4, -0.2) is 71.4 Å². The van der Waals surface area contributed by atoms with Crippen molar-refractivity contribution < 1.29 is 13.6 Å². The number of pyridine rings is 1. The second kappa shape index (κ2) is 10.2. The molecule has 2 aliphatic rings. The number of hydrogen-bond donors (Lipinski definition) is 2. The van der Waals surface area contributed by atoms with Gasteiger partial charge in [0.15, 0.2) is 5.69 Å². The Morgan fingerprint density at radius 3 is 2.76 bits per heavy atom. The Bertz CT molecular complexity index is 1370. The van der Waals surface area contributed by atoms with Crippen molar-refractivity contribution in [2.45, 2.75) is 25.7 Å². The molecule has 1 amide bonds. The van der Waals surface area contributed by atoms with Crippen molar-refractivity contribution in [2.75, 3.05) is 42.9 Å². The van der Waals surface area contributed by atoms with Crippen LogP contribution in [0, 0.1) is 0 Å². The molecule has 1 aromatic carbocycles. The molecule has 5 rings (SSSR count). The monoisotopic (exact) mass is 505 g/mol. The number of likely N-dealkylation sites (tertiary alicyclic amines) is 1. The summed E-state index contributed by atoms with van der Waals surface area (Å²) in [4.78, 5) is 25.1. The molecular formula is C27H29F2N7O. The maximum Gasteiger partial charge on any atom is 0.276 e. The highest BCUT2D eigenvalue weighted by Crippen LogP contribution is 2.30. The standard InChI is InChI=1S/C27H29F2N7O/c1-18(12-19(14-30-2)16-35-9-3-10-35)20-4-6-23-22(13-20)25(34-33-23)26(37)32-21-5-7-24(31-15-21)36-11-8-27(28,29)17-36/h4-7,12-15H,2-3,8-11,16-17H2,1H3,(H,32,37)(H,33,34)/b18-12+,19-14+. The maximum atomic E-state index is 13.5. The number of amides is 1. The topological polar surface area (TPSA) is 89.5 Å². The van der Waals surface area contributed by atoms with Crippen LogP contribution in [0.15, 0.2) is 59.4 Å². The predicted octanol–water partition coefficient (Wildman–Crippen LogP) is 4.75. The molecule has 0 atom stereocenters. The lowest BCUT2D eigenvalue weighted by molar-refractivity contribution is 0.0256. The van der Waals surface area contributed by atoms with E-state index < -0.39 is 5.92 Å². The molecule has 2 aliphatic heterocycles. The van der Waals surface area contributed by atoms with Gasteiger partial charge in [-0.2, -0.15) is 5.10 Å². The maximum absolute atomic E-state index is 13.5. The fraction of sp³-hybridized carbons (Fsp3) is 0.333. The number of benzene rings is 1. The number of nitrogens with one attached hydrogen (secondary N) is 2. The molecule has 10 heteroatoms. The molecule has 0 spiro atoms. The van der Waals surface area contributed by atoms with Crippen molar-refractivity contribution in [3.05, 3.63) is 65.6 Å². The Hall–Kier alpha value is -3.92. The normalized spacial score (nSPS) is 18.2. The Labute approximate surface area is 213 Å². The van der Waals surface area contributed by atoms with Gasteiger partial charge in [0.1, 0.15) is 5.82 Å². The van der Waals surface area contributed by atoms with Gasteiger partial charge in [-0.3, -0.25) is 19.8 Å². The van der Waals surface area contributed by atoms with Gasteiger partial charge in [0.25, 0.3) is 11.8 Å². The average molecular weight is 506 g/mol. The number of nitrogens with zero attached hydrogens (tertiary/aromatic N) is 5. The molecule has 4 heterocycles. The summed E-state index contributed by atoms with van der Waals surface area (Å²) in [5.74, 6) is -2.63. The number of aliphatic imine (C=N–C) groups is 1. The van der Waals surface area contributed by atoms with Gasteiger partial charge in [-0.25, -0.2) is 13.8 Å². The molecule has 192 valence electrons. The predicted molar refractivity (Wildman–Crippen MR) is 142 cm³/mol. The minimum atomic E-state index is -2.70. The number of carbonyl (C=O) groups excluding carboxylic acids is 1. The third-order valence-corrected chi connectivity index (χ3v) is 6.75. The van der Waals surface area contributed by atoms with E-state index >= 15 is 0 Å². The average Bonchev–Trinajstić information content (AvgIpc) is 3.44. The highest BCUT2D eigenvalue weighted by molar-refractivity contribution is 6.11. The second-order valence-electron chi connectivity index (χ2n) is 9.56.